The molecule has 0 saturated carbocycles. The monoisotopic (exact) mass is 247 g/mol. The quantitative estimate of drug-likeness (QED) is 0.724. The lowest BCUT2D eigenvalue weighted by molar-refractivity contribution is 0.713. The molecule has 0 heterocycles. The minimum Gasteiger partial charge on any atom is -0.285 e. The van der Waals surface area contributed by atoms with E-state index in [0.717, 1.165) is 12.8 Å². The van der Waals surface area contributed by atoms with Gasteiger partial charge >= 0.3 is 0 Å². The molecule has 1 atom stereocenters. The highest BCUT2D eigenvalue weighted by Crippen LogP contribution is 2.35. The molecule has 2 aliphatic carbocycles. The zero-order valence-corrected chi connectivity index (χ0v) is 11.0. The van der Waals surface area contributed by atoms with Crippen LogP contribution in [0.5, 0.6) is 0 Å². The van der Waals surface area contributed by atoms with Crippen molar-refractivity contribution in [2.24, 2.45) is 4.99 Å². The van der Waals surface area contributed by atoms with Crippen molar-refractivity contribution in [2.75, 3.05) is 0 Å². The molecular formula is C18H17N. The van der Waals surface area contributed by atoms with E-state index in [2.05, 4.69) is 48.5 Å². The summed E-state index contributed by atoms with van der Waals surface area (Å²) in [6.45, 7) is 0. The van der Waals surface area contributed by atoms with E-state index in [1.807, 2.05) is 0 Å². The highest BCUT2D eigenvalue weighted by atomic mass is 14.8. The predicted molar refractivity (Wildman–Crippen MR) is 78.8 cm³/mol. The molecule has 0 saturated heterocycles. The first-order valence-electron chi connectivity index (χ1n) is 7.10. The SMILES string of the molecule is c1ccc2c(c1)CC(=NC1CCc3ccccc31)C2. The Morgan fingerprint density at radius 2 is 1.42 bits per heavy atom. The zero-order chi connectivity index (χ0) is 12.7. The van der Waals surface area contributed by atoms with Crippen LogP contribution in [0.15, 0.2) is 53.5 Å². The molecule has 1 unspecified atom stereocenters. The first-order chi connectivity index (χ1) is 9.40. The van der Waals surface area contributed by atoms with Gasteiger partial charge in [0.2, 0.25) is 0 Å². The number of hydrogen-bond acceptors (Lipinski definition) is 1. The minimum absolute atomic E-state index is 0.403. The Bertz CT molecular complexity index is 627. The molecule has 0 fully saturated rings. The van der Waals surface area contributed by atoms with Crippen LogP contribution in [0, 0.1) is 0 Å². The van der Waals surface area contributed by atoms with Crippen LogP contribution in [0.4, 0.5) is 0 Å². The number of nitrogens with zero attached hydrogens (tertiary/aromatic N) is 1. The normalized spacial score (nSPS) is 20.2. The molecule has 0 spiro atoms. The Labute approximate surface area is 114 Å². The molecule has 0 radical (unpaired) electrons. The van der Waals surface area contributed by atoms with Crippen LogP contribution >= 0.6 is 0 Å². The number of rotatable bonds is 1. The van der Waals surface area contributed by atoms with Crippen molar-refractivity contribution in [1.82, 2.24) is 0 Å². The molecule has 4 rings (SSSR count). The summed E-state index contributed by atoms with van der Waals surface area (Å²) < 4.78 is 0. The molecule has 1 nitrogen and oxygen atoms in total. The molecular weight excluding hydrogens is 230 g/mol. The van der Waals surface area contributed by atoms with Crippen LogP contribution in [0.1, 0.15) is 34.7 Å². The van der Waals surface area contributed by atoms with E-state index in [1.165, 1.54) is 40.8 Å². The van der Waals surface area contributed by atoms with Crippen molar-refractivity contribution >= 4 is 5.71 Å². The maximum atomic E-state index is 5.05. The summed E-state index contributed by atoms with van der Waals surface area (Å²) in [5, 5.41) is 0. The fourth-order valence-electron chi connectivity index (χ4n) is 3.39. The molecule has 2 aliphatic rings. The number of hydrogen-bond donors (Lipinski definition) is 0. The zero-order valence-electron chi connectivity index (χ0n) is 11.0. The maximum absolute atomic E-state index is 5.05. The molecule has 1 heteroatoms. The second-order valence-electron chi connectivity index (χ2n) is 5.57. The third-order valence-electron chi connectivity index (χ3n) is 4.35. The van der Waals surface area contributed by atoms with Crippen molar-refractivity contribution in [3.05, 3.63) is 70.8 Å². The van der Waals surface area contributed by atoms with E-state index < -0.39 is 0 Å². The van der Waals surface area contributed by atoms with Crippen molar-refractivity contribution in [1.29, 1.82) is 0 Å². The van der Waals surface area contributed by atoms with Gasteiger partial charge < -0.3 is 0 Å². The van der Waals surface area contributed by atoms with Gasteiger partial charge in [0.1, 0.15) is 0 Å². The molecule has 0 bridgehead atoms. The van der Waals surface area contributed by atoms with Gasteiger partial charge in [0.05, 0.1) is 6.04 Å². The highest BCUT2D eigenvalue weighted by Gasteiger charge is 2.23. The Hall–Kier alpha value is -1.89. The molecule has 19 heavy (non-hydrogen) atoms. The van der Waals surface area contributed by atoms with E-state index in [0.29, 0.717) is 6.04 Å². The first-order valence-corrected chi connectivity index (χ1v) is 7.10. The average molecular weight is 247 g/mol. The molecule has 0 amide bonds. The highest BCUT2D eigenvalue weighted by molar-refractivity contribution is 5.93. The van der Waals surface area contributed by atoms with Gasteiger partial charge in [0, 0.05) is 18.6 Å². The summed E-state index contributed by atoms with van der Waals surface area (Å²) in [6.07, 6.45) is 4.47. The minimum atomic E-state index is 0.403. The standard InChI is InChI=1S/C18H17N/c1-2-7-15-12-16(11-14(15)6-1)19-18-10-9-13-5-3-4-8-17(13)18/h1-8,18H,9-12H2. The van der Waals surface area contributed by atoms with Crippen molar-refractivity contribution in [2.45, 2.75) is 31.7 Å². The van der Waals surface area contributed by atoms with Crippen LogP contribution < -0.4 is 0 Å². The lowest BCUT2D eigenvalue weighted by Gasteiger charge is -2.07. The van der Waals surface area contributed by atoms with Gasteiger partial charge in [0.25, 0.3) is 0 Å². The average Bonchev–Trinajstić information content (AvgIpc) is 3.03. The second-order valence-corrected chi connectivity index (χ2v) is 5.57. The van der Waals surface area contributed by atoms with Crippen molar-refractivity contribution in [3.63, 3.8) is 0 Å². The number of fused-ring (bicyclic) bond motifs is 2. The Kier molecular flexibility index (Phi) is 2.51. The number of benzene rings is 2. The van der Waals surface area contributed by atoms with Gasteiger partial charge in [-0.1, -0.05) is 48.5 Å². The van der Waals surface area contributed by atoms with E-state index >= 15 is 0 Å². The lowest BCUT2D eigenvalue weighted by Crippen LogP contribution is -2.01. The van der Waals surface area contributed by atoms with Crippen LogP contribution in [-0.4, -0.2) is 5.71 Å². The second kappa shape index (κ2) is 4.34. The van der Waals surface area contributed by atoms with Crippen LogP contribution in [0.25, 0.3) is 0 Å². The van der Waals surface area contributed by atoms with Gasteiger partial charge in [-0.3, -0.25) is 4.99 Å². The van der Waals surface area contributed by atoms with E-state index in [-0.39, 0.29) is 0 Å². The summed E-state index contributed by atoms with van der Waals surface area (Å²) in [7, 11) is 0. The van der Waals surface area contributed by atoms with Crippen LogP contribution in [0.2, 0.25) is 0 Å². The predicted octanol–water partition coefficient (Wildman–Crippen LogP) is 3.91. The van der Waals surface area contributed by atoms with Gasteiger partial charge in [-0.15, -0.1) is 0 Å². The molecule has 2 aromatic rings. The number of aryl methyl sites for hydroxylation is 1. The summed E-state index contributed by atoms with van der Waals surface area (Å²) in [4.78, 5) is 5.05. The summed E-state index contributed by atoms with van der Waals surface area (Å²) in [6, 6.07) is 17.9. The van der Waals surface area contributed by atoms with E-state index in [9.17, 15) is 0 Å². The topological polar surface area (TPSA) is 12.4 Å². The van der Waals surface area contributed by atoms with Gasteiger partial charge in [0.15, 0.2) is 0 Å². The summed E-state index contributed by atoms with van der Waals surface area (Å²) in [5.74, 6) is 0. The summed E-state index contributed by atoms with van der Waals surface area (Å²) >= 11 is 0. The third kappa shape index (κ3) is 1.90. The van der Waals surface area contributed by atoms with Crippen LogP contribution in [0.3, 0.4) is 0 Å². The molecule has 0 N–H and O–H groups in total. The van der Waals surface area contributed by atoms with E-state index in [1.54, 1.807) is 0 Å². The Morgan fingerprint density at radius 3 is 2.16 bits per heavy atom. The maximum Gasteiger partial charge on any atom is 0.0754 e. The van der Waals surface area contributed by atoms with Gasteiger partial charge in [-0.05, 0) is 35.1 Å². The fourth-order valence-corrected chi connectivity index (χ4v) is 3.39. The lowest BCUT2D eigenvalue weighted by atomic mass is 10.1. The largest absolute Gasteiger partial charge is 0.285 e. The molecule has 0 aliphatic heterocycles. The fraction of sp³-hybridized carbons (Fsp3) is 0.278. The van der Waals surface area contributed by atoms with Gasteiger partial charge in [-0.2, -0.15) is 0 Å². The van der Waals surface area contributed by atoms with Crippen LogP contribution in [-0.2, 0) is 19.3 Å². The Balaban J connectivity index is 1.63. The van der Waals surface area contributed by atoms with E-state index in [4.69, 9.17) is 4.99 Å². The smallest absolute Gasteiger partial charge is 0.0754 e. The molecule has 94 valence electrons. The third-order valence-corrected chi connectivity index (χ3v) is 4.35. The number of aliphatic imine (C=N–C) groups is 1. The molecule has 0 aromatic heterocycles. The van der Waals surface area contributed by atoms with Gasteiger partial charge in [-0.25, -0.2) is 0 Å². The first kappa shape index (κ1) is 11.0. The summed E-state index contributed by atoms with van der Waals surface area (Å²) in [5.41, 5.74) is 7.24. The molecule has 2 aromatic carbocycles. The Morgan fingerprint density at radius 1 is 0.789 bits per heavy atom. The van der Waals surface area contributed by atoms with Crippen molar-refractivity contribution < 1.29 is 0 Å². The van der Waals surface area contributed by atoms with Crippen molar-refractivity contribution in [3.8, 4) is 0 Å².